The van der Waals surface area contributed by atoms with E-state index in [9.17, 15) is 9.59 Å². The number of hydrogen-bond acceptors (Lipinski definition) is 3. The summed E-state index contributed by atoms with van der Waals surface area (Å²) in [5.74, 6) is 0.223. The molecule has 1 aliphatic heterocycles. The van der Waals surface area contributed by atoms with Gasteiger partial charge in [-0.1, -0.05) is 11.6 Å². The van der Waals surface area contributed by atoms with Gasteiger partial charge in [0.15, 0.2) is 0 Å². The molecule has 6 nitrogen and oxygen atoms in total. The monoisotopic (exact) mass is 434 g/mol. The maximum atomic E-state index is 12.5. The molecule has 29 heavy (non-hydrogen) atoms. The number of carbonyl (C=O) groups excluding carboxylic acids is 2. The zero-order chi connectivity index (χ0) is 19.6. The van der Waals surface area contributed by atoms with E-state index in [1.54, 1.807) is 48.5 Å². The summed E-state index contributed by atoms with van der Waals surface area (Å²) >= 11 is 5.83. The molecule has 1 spiro atoms. The number of anilines is 3. The fraction of sp³-hybridized carbons (Fsp3) is 0.333. The SMILES string of the molecule is Cl.O=C(Nc1ccc(Cl)cc1)Nc1ccc(NC(=O)C2CC23CCNCC3)cc1. The topological polar surface area (TPSA) is 82.3 Å². The number of carbonyl (C=O) groups is 2. The van der Waals surface area contributed by atoms with E-state index in [2.05, 4.69) is 21.3 Å². The van der Waals surface area contributed by atoms with E-state index >= 15 is 0 Å². The molecule has 1 saturated carbocycles. The highest BCUT2D eigenvalue weighted by Gasteiger charge is 2.57. The Labute approximate surface area is 181 Å². The summed E-state index contributed by atoms with van der Waals surface area (Å²) in [6, 6.07) is 13.7. The van der Waals surface area contributed by atoms with Crippen molar-refractivity contribution in [2.24, 2.45) is 11.3 Å². The van der Waals surface area contributed by atoms with Crippen LogP contribution in [-0.4, -0.2) is 25.0 Å². The number of halogens is 2. The number of hydrogen-bond donors (Lipinski definition) is 4. The van der Waals surface area contributed by atoms with Crippen LogP contribution in [0.15, 0.2) is 48.5 Å². The zero-order valence-electron chi connectivity index (χ0n) is 15.8. The van der Waals surface area contributed by atoms with Gasteiger partial charge in [-0.05, 0) is 86.3 Å². The highest BCUT2D eigenvalue weighted by Crippen LogP contribution is 2.58. The minimum absolute atomic E-state index is 0. The van der Waals surface area contributed by atoms with Crippen LogP contribution in [0.2, 0.25) is 5.02 Å². The molecule has 154 valence electrons. The largest absolute Gasteiger partial charge is 0.326 e. The normalized spacial score (nSPS) is 19.0. The molecular formula is C21H24Cl2N4O2. The predicted octanol–water partition coefficient (Wildman–Crippen LogP) is 4.73. The van der Waals surface area contributed by atoms with Gasteiger partial charge in [0.25, 0.3) is 0 Å². The molecule has 1 saturated heterocycles. The van der Waals surface area contributed by atoms with E-state index in [-0.39, 0.29) is 35.7 Å². The van der Waals surface area contributed by atoms with Gasteiger partial charge in [-0.3, -0.25) is 4.79 Å². The van der Waals surface area contributed by atoms with E-state index in [1.165, 1.54) is 0 Å². The van der Waals surface area contributed by atoms with Gasteiger partial charge in [-0.15, -0.1) is 12.4 Å². The third kappa shape index (κ3) is 5.21. The van der Waals surface area contributed by atoms with Crippen LogP contribution in [0.1, 0.15) is 19.3 Å². The average molecular weight is 435 g/mol. The molecule has 4 rings (SSSR count). The molecule has 1 heterocycles. The standard InChI is InChI=1S/C21H23ClN4O2.ClH/c22-14-1-3-16(4-2-14)25-20(28)26-17-7-5-15(6-8-17)24-19(27)18-13-21(18)9-11-23-12-10-21;/h1-8,18,23H,9-13H2,(H,24,27)(H2,25,26,28);1H. The highest BCUT2D eigenvalue weighted by atomic mass is 35.5. The van der Waals surface area contributed by atoms with Gasteiger partial charge in [-0.2, -0.15) is 0 Å². The minimum Gasteiger partial charge on any atom is -0.326 e. The summed E-state index contributed by atoms with van der Waals surface area (Å²) in [6.07, 6.45) is 3.15. The van der Waals surface area contributed by atoms with Crippen molar-refractivity contribution in [1.29, 1.82) is 0 Å². The van der Waals surface area contributed by atoms with Crippen LogP contribution in [-0.2, 0) is 4.79 Å². The summed E-state index contributed by atoms with van der Waals surface area (Å²) in [7, 11) is 0. The lowest BCUT2D eigenvalue weighted by Crippen LogP contribution is -2.31. The van der Waals surface area contributed by atoms with Crippen molar-refractivity contribution in [1.82, 2.24) is 5.32 Å². The lowest BCUT2D eigenvalue weighted by Gasteiger charge is -2.23. The van der Waals surface area contributed by atoms with Gasteiger partial charge in [-0.25, -0.2) is 4.79 Å². The smallest absolute Gasteiger partial charge is 0.323 e. The van der Waals surface area contributed by atoms with Crippen molar-refractivity contribution in [2.45, 2.75) is 19.3 Å². The number of rotatable bonds is 4. The third-order valence-electron chi connectivity index (χ3n) is 5.62. The maximum Gasteiger partial charge on any atom is 0.323 e. The Bertz CT molecular complexity index is 865. The first-order valence-electron chi connectivity index (χ1n) is 9.49. The summed E-state index contributed by atoms with van der Waals surface area (Å²) in [6.45, 7) is 2.00. The van der Waals surface area contributed by atoms with Crippen molar-refractivity contribution >= 4 is 53.0 Å². The van der Waals surface area contributed by atoms with Gasteiger partial charge in [0.05, 0.1) is 0 Å². The number of piperidine rings is 1. The first-order valence-corrected chi connectivity index (χ1v) is 9.87. The van der Waals surface area contributed by atoms with Crippen LogP contribution in [0.3, 0.4) is 0 Å². The Morgan fingerprint density at radius 3 is 1.90 bits per heavy atom. The maximum absolute atomic E-state index is 12.5. The van der Waals surface area contributed by atoms with Crippen molar-refractivity contribution in [3.8, 4) is 0 Å². The summed E-state index contributed by atoms with van der Waals surface area (Å²) < 4.78 is 0. The lowest BCUT2D eigenvalue weighted by molar-refractivity contribution is -0.118. The minimum atomic E-state index is -0.343. The van der Waals surface area contributed by atoms with Crippen molar-refractivity contribution < 1.29 is 9.59 Å². The van der Waals surface area contributed by atoms with Crippen LogP contribution in [0, 0.1) is 11.3 Å². The number of amides is 3. The molecular weight excluding hydrogens is 411 g/mol. The molecule has 1 aliphatic carbocycles. The zero-order valence-corrected chi connectivity index (χ0v) is 17.4. The van der Waals surface area contributed by atoms with E-state index in [4.69, 9.17) is 11.6 Å². The molecule has 2 aromatic carbocycles. The Kier molecular flexibility index (Phi) is 6.67. The van der Waals surface area contributed by atoms with E-state index < -0.39 is 0 Å². The van der Waals surface area contributed by atoms with Gasteiger partial charge in [0.2, 0.25) is 5.91 Å². The molecule has 0 aromatic heterocycles. The number of benzene rings is 2. The Balaban J connectivity index is 0.00000240. The second-order valence-corrected chi connectivity index (χ2v) is 7.96. The van der Waals surface area contributed by atoms with Crippen molar-refractivity contribution in [3.05, 3.63) is 53.6 Å². The Morgan fingerprint density at radius 2 is 1.34 bits per heavy atom. The fourth-order valence-electron chi connectivity index (χ4n) is 3.89. The molecule has 8 heteroatoms. The van der Waals surface area contributed by atoms with Crippen LogP contribution in [0.4, 0.5) is 21.9 Å². The fourth-order valence-corrected chi connectivity index (χ4v) is 4.01. The predicted molar refractivity (Wildman–Crippen MR) is 119 cm³/mol. The van der Waals surface area contributed by atoms with Gasteiger partial charge < -0.3 is 21.3 Å². The molecule has 2 aliphatic rings. The first-order chi connectivity index (χ1) is 13.5. The molecule has 0 radical (unpaired) electrons. The van der Waals surface area contributed by atoms with Crippen molar-refractivity contribution in [2.75, 3.05) is 29.0 Å². The van der Waals surface area contributed by atoms with Crippen LogP contribution >= 0.6 is 24.0 Å². The molecule has 1 unspecified atom stereocenters. The van der Waals surface area contributed by atoms with Gasteiger partial charge >= 0.3 is 6.03 Å². The summed E-state index contributed by atoms with van der Waals surface area (Å²) in [5.41, 5.74) is 2.26. The number of urea groups is 1. The molecule has 1 atom stereocenters. The molecule has 2 fully saturated rings. The highest BCUT2D eigenvalue weighted by molar-refractivity contribution is 6.30. The van der Waals surface area contributed by atoms with E-state index in [0.29, 0.717) is 16.4 Å². The van der Waals surface area contributed by atoms with Crippen molar-refractivity contribution in [3.63, 3.8) is 0 Å². The van der Waals surface area contributed by atoms with E-state index in [0.717, 1.165) is 38.0 Å². The molecule has 2 aromatic rings. The Morgan fingerprint density at radius 1 is 0.862 bits per heavy atom. The summed E-state index contributed by atoms with van der Waals surface area (Å²) in [5, 5.41) is 12.5. The van der Waals surface area contributed by atoms with Crippen LogP contribution in [0.25, 0.3) is 0 Å². The summed E-state index contributed by atoms with van der Waals surface area (Å²) in [4.78, 5) is 24.6. The van der Waals surface area contributed by atoms with E-state index in [1.807, 2.05) is 0 Å². The molecule has 3 amide bonds. The van der Waals surface area contributed by atoms with Gasteiger partial charge in [0, 0.05) is 28.0 Å². The average Bonchev–Trinajstić information content (AvgIpc) is 3.39. The Hall–Kier alpha value is -2.28. The molecule has 4 N–H and O–H groups in total. The number of nitrogens with one attached hydrogen (secondary N) is 4. The second-order valence-electron chi connectivity index (χ2n) is 7.52. The second kappa shape index (κ2) is 9.03. The molecule has 0 bridgehead atoms. The first kappa shape index (κ1) is 21.4. The van der Waals surface area contributed by atoms with Crippen LogP contribution < -0.4 is 21.3 Å². The lowest BCUT2D eigenvalue weighted by atomic mass is 9.92. The van der Waals surface area contributed by atoms with Gasteiger partial charge in [0.1, 0.15) is 0 Å². The van der Waals surface area contributed by atoms with Crippen LogP contribution in [0.5, 0.6) is 0 Å². The third-order valence-corrected chi connectivity index (χ3v) is 5.87. The quantitative estimate of drug-likeness (QED) is 0.560.